The van der Waals surface area contributed by atoms with E-state index in [9.17, 15) is 0 Å². The molecule has 0 bridgehead atoms. The van der Waals surface area contributed by atoms with Crippen molar-refractivity contribution in [3.05, 3.63) is 46.3 Å². The summed E-state index contributed by atoms with van der Waals surface area (Å²) in [4.78, 5) is 0. The predicted octanol–water partition coefficient (Wildman–Crippen LogP) is 3.13. The SMILES string of the molecule is Cc1cc(C)cc(-n2nc(C)c(C(C)N)c2C)c1. The van der Waals surface area contributed by atoms with Gasteiger partial charge in [0.1, 0.15) is 0 Å². The van der Waals surface area contributed by atoms with Crippen molar-refractivity contribution in [2.24, 2.45) is 5.73 Å². The highest BCUT2D eigenvalue weighted by Crippen LogP contribution is 2.23. The first kappa shape index (κ1) is 12.8. The van der Waals surface area contributed by atoms with Crippen LogP contribution < -0.4 is 5.73 Å². The molecule has 0 saturated heterocycles. The highest BCUT2D eigenvalue weighted by atomic mass is 15.3. The van der Waals surface area contributed by atoms with Crippen molar-refractivity contribution in [1.29, 1.82) is 0 Å². The van der Waals surface area contributed by atoms with Gasteiger partial charge in [-0.1, -0.05) is 6.07 Å². The minimum absolute atomic E-state index is 0.0182. The van der Waals surface area contributed by atoms with Gasteiger partial charge in [0.25, 0.3) is 0 Å². The van der Waals surface area contributed by atoms with E-state index >= 15 is 0 Å². The maximum atomic E-state index is 6.01. The maximum Gasteiger partial charge on any atom is 0.0654 e. The van der Waals surface area contributed by atoms with Gasteiger partial charge in [-0.15, -0.1) is 0 Å². The van der Waals surface area contributed by atoms with Gasteiger partial charge in [0.15, 0.2) is 0 Å². The van der Waals surface area contributed by atoms with Crippen molar-refractivity contribution in [3.63, 3.8) is 0 Å². The van der Waals surface area contributed by atoms with Crippen LogP contribution in [-0.4, -0.2) is 9.78 Å². The molecule has 1 unspecified atom stereocenters. The second kappa shape index (κ2) is 4.58. The lowest BCUT2D eigenvalue weighted by Gasteiger charge is -2.09. The Morgan fingerprint density at radius 2 is 1.61 bits per heavy atom. The minimum atomic E-state index is 0.0182. The largest absolute Gasteiger partial charge is 0.324 e. The van der Waals surface area contributed by atoms with Crippen LogP contribution in [0.2, 0.25) is 0 Å². The first-order chi connectivity index (χ1) is 8.40. The van der Waals surface area contributed by atoms with Crippen molar-refractivity contribution in [2.75, 3.05) is 0 Å². The van der Waals surface area contributed by atoms with Crippen molar-refractivity contribution in [3.8, 4) is 5.69 Å². The van der Waals surface area contributed by atoms with Crippen LogP contribution in [0.3, 0.4) is 0 Å². The molecule has 0 aliphatic rings. The summed E-state index contributed by atoms with van der Waals surface area (Å²) in [5, 5.41) is 4.62. The van der Waals surface area contributed by atoms with Gasteiger partial charge < -0.3 is 5.73 Å². The summed E-state index contributed by atoms with van der Waals surface area (Å²) < 4.78 is 1.99. The van der Waals surface area contributed by atoms with E-state index in [1.807, 2.05) is 18.5 Å². The molecule has 3 heteroatoms. The number of aryl methyl sites for hydroxylation is 3. The lowest BCUT2D eigenvalue weighted by molar-refractivity contribution is 0.795. The molecule has 0 saturated carbocycles. The quantitative estimate of drug-likeness (QED) is 0.880. The Balaban J connectivity index is 2.61. The number of nitrogens with zero attached hydrogens (tertiary/aromatic N) is 2. The van der Waals surface area contributed by atoms with Gasteiger partial charge in [-0.25, -0.2) is 4.68 Å². The summed E-state index contributed by atoms with van der Waals surface area (Å²) in [6.45, 7) is 10.3. The van der Waals surface area contributed by atoms with E-state index in [1.54, 1.807) is 0 Å². The van der Waals surface area contributed by atoms with E-state index in [0.29, 0.717) is 0 Å². The molecule has 0 fully saturated rings. The highest BCUT2D eigenvalue weighted by Gasteiger charge is 2.15. The summed E-state index contributed by atoms with van der Waals surface area (Å²) in [7, 11) is 0. The number of hydrogen-bond acceptors (Lipinski definition) is 2. The molecule has 3 nitrogen and oxygen atoms in total. The maximum absolute atomic E-state index is 6.01. The highest BCUT2D eigenvalue weighted by molar-refractivity contribution is 5.42. The van der Waals surface area contributed by atoms with Gasteiger partial charge in [-0.3, -0.25) is 0 Å². The topological polar surface area (TPSA) is 43.8 Å². The molecule has 2 N–H and O–H groups in total. The van der Waals surface area contributed by atoms with Crippen LogP contribution in [0.4, 0.5) is 0 Å². The summed E-state index contributed by atoms with van der Waals surface area (Å²) in [5.41, 5.74) is 12.9. The Bertz CT molecular complexity index is 559. The minimum Gasteiger partial charge on any atom is -0.324 e. The smallest absolute Gasteiger partial charge is 0.0654 e. The Labute approximate surface area is 109 Å². The van der Waals surface area contributed by atoms with Crippen LogP contribution in [0, 0.1) is 27.7 Å². The molecule has 0 spiro atoms. The molecule has 0 amide bonds. The Morgan fingerprint density at radius 3 is 2.06 bits per heavy atom. The average Bonchev–Trinajstić information content (AvgIpc) is 2.52. The monoisotopic (exact) mass is 243 g/mol. The number of rotatable bonds is 2. The summed E-state index contributed by atoms with van der Waals surface area (Å²) in [6.07, 6.45) is 0. The standard InChI is InChI=1S/C15H21N3/c1-9-6-10(2)8-14(7-9)18-13(5)15(11(3)16)12(4)17-18/h6-8,11H,16H2,1-5H3. The van der Waals surface area contributed by atoms with Crippen LogP contribution in [-0.2, 0) is 0 Å². The molecular formula is C15H21N3. The molecule has 1 aromatic heterocycles. The normalized spacial score (nSPS) is 12.8. The molecule has 18 heavy (non-hydrogen) atoms. The van der Waals surface area contributed by atoms with Gasteiger partial charge in [-0.05, 0) is 57.9 Å². The van der Waals surface area contributed by atoms with E-state index < -0.39 is 0 Å². The summed E-state index contributed by atoms with van der Waals surface area (Å²) >= 11 is 0. The zero-order valence-electron chi connectivity index (χ0n) is 11.8. The first-order valence-corrected chi connectivity index (χ1v) is 6.30. The fraction of sp³-hybridized carbons (Fsp3) is 0.400. The third-order valence-corrected chi connectivity index (χ3v) is 3.25. The van der Waals surface area contributed by atoms with Gasteiger partial charge in [-0.2, -0.15) is 5.10 Å². The molecular weight excluding hydrogens is 222 g/mol. The van der Waals surface area contributed by atoms with E-state index in [4.69, 9.17) is 5.73 Å². The van der Waals surface area contributed by atoms with Crippen LogP contribution in [0.25, 0.3) is 5.69 Å². The Hall–Kier alpha value is -1.61. The Morgan fingerprint density at radius 1 is 1.06 bits per heavy atom. The molecule has 1 atom stereocenters. The molecule has 2 aromatic rings. The third kappa shape index (κ3) is 2.18. The molecule has 1 heterocycles. The molecule has 0 aliphatic heterocycles. The molecule has 1 aromatic carbocycles. The van der Waals surface area contributed by atoms with Gasteiger partial charge in [0.2, 0.25) is 0 Å². The van der Waals surface area contributed by atoms with Gasteiger partial charge >= 0.3 is 0 Å². The van der Waals surface area contributed by atoms with E-state index in [1.165, 1.54) is 11.1 Å². The number of hydrogen-bond donors (Lipinski definition) is 1. The van der Waals surface area contributed by atoms with E-state index in [-0.39, 0.29) is 6.04 Å². The van der Waals surface area contributed by atoms with E-state index in [0.717, 1.165) is 22.6 Å². The molecule has 0 aliphatic carbocycles. The van der Waals surface area contributed by atoms with Crippen molar-refractivity contribution < 1.29 is 0 Å². The lowest BCUT2D eigenvalue weighted by Crippen LogP contribution is -2.08. The zero-order chi connectivity index (χ0) is 13.4. The van der Waals surface area contributed by atoms with Crippen molar-refractivity contribution in [1.82, 2.24) is 9.78 Å². The fourth-order valence-electron chi connectivity index (χ4n) is 2.64. The average molecular weight is 243 g/mol. The number of nitrogens with two attached hydrogens (primary N) is 1. The number of aromatic nitrogens is 2. The lowest BCUT2D eigenvalue weighted by atomic mass is 10.1. The van der Waals surface area contributed by atoms with Gasteiger partial charge in [0.05, 0.1) is 11.4 Å². The number of benzene rings is 1. The van der Waals surface area contributed by atoms with Crippen LogP contribution >= 0.6 is 0 Å². The predicted molar refractivity (Wildman–Crippen MR) is 75.1 cm³/mol. The van der Waals surface area contributed by atoms with Crippen LogP contribution in [0.15, 0.2) is 18.2 Å². The van der Waals surface area contributed by atoms with Crippen molar-refractivity contribution in [2.45, 2.75) is 40.7 Å². The third-order valence-electron chi connectivity index (χ3n) is 3.25. The molecule has 0 radical (unpaired) electrons. The Kier molecular flexibility index (Phi) is 3.26. The van der Waals surface area contributed by atoms with Crippen LogP contribution in [0.5, 0.6) is 0 Å². The fourth-order valence-corrected chi connectivity index (χ4v) is 2.64. The van der Waals surface area contributed by atoms with Crippen LogP contribution in [0.1, 0.15) is 41.0 Å². The van der Waals surface area contributed by atoms with E-state index in [2.05, 4.69) is 44.1 Å². The molecule has 2 rings (SSSR count). The van der Waals surface area contributed by atoms with Gasteiger partial charge in [0, 0.05) is 17.3 Å². The first-order valence-electron chi connectivity index (χ1n) is 6.30. The zero-order valence-corrected chi connectivity index (χ0v) is 11.8. The summed E-state index contributed by atoms with van der Waals surface area (Å²) in [6, 6.07) is 6.49. The second-order valence-electron chi connectivity index (χ2n) is 5.13. The summed E-state index contributed by atoms with van der Waals surface area (Å²) in [5.74, 6) is 0. The van der Waals surface area contributed by atoms with Crippen molar-refractivity contribution >= 4 is 0 Å². The second-order valence-corrected chi connectivity index (χ2v) is 5.13. The molecule has 96 valence electrons.